The van der Waals surface area contributed by atoms with Gasteiger partial charge in [-0.1, -0.05) is 18.2 Å². The number of benzene rings is 1. The number of rotatable bonds is 4. The molecule has 1 spiro atoms. The third-order valence-corrected chi connectivity index (χ3v) is 9.17. The maximum absolute atomic E-state index is 11.3. The van der Waals surface area contributed by atoms with Crippen molar-refractivity contribution in [1.29, 1.82) is 0 Å². The molecule has 4 aliphatic carbocycles. The van der Waals surface area contributed by atoms with Crippen LogP contribution in [0.5, 0.6) is 0 Å². The van der Waals surface area contributed by atoms with Gasteiger partial charge in [0.2, 0.25) is 0 Å². The van der Waals surface area contributed by atoms with E-state index >= 15 is 0 Å². The van der Waals surface area contributed by atoms with Gasteiger partial charge in [0.25, 0.3) is 5.79 Å². The smallest absolute Gasteiger partial charge is 0.260 e. The van der Waals surface area contributed by atoms with E-state index in [0.29, 0.717) is 17.4 Å². The van der Waals surface area contributed by atoms with Crippen molar-refractivity contribution in [2.75, 3.05) is 13.7 Å². The van der Waals surface area contributed by atoms with Crippen LogP contribution in [-0.2, 0) is 30.6 Å². The van der Waals surface area contributed by atoms with Crippen LogP contribution in [0.1, 0.15) is 43.2 Å². The van der Waals surface area contributed by atoms with E-state index in [4.69, 9.17) is 19.2 Å². The highest BCUT2D eigenvalue weighted by atomic mass is 17.3. The third-order valence-electron chi connectivity index (χ3n) is 9.17. The fourth-order valence-corrected chi connectivity index (χ4v) is 7.75. The van der Waals surface area contributed by atoms with Gasteiger partial charge in [0.05, 0.1) is 6.61 Å². The first-order valence-electron chi connectivity index (χ1n) is 11.9. The van der Waals surface area contributed by atoms with E-state index in [1.807, 2.05) is 6.07 Å². The Morgan fingerprint density at radius 3 is 2.15 bits per heavy atom. The van der Waals surface area contributed by atoms with Crippen molar-refractivity contribution < 1.29 is 44.8 Å². The normalized spacial score (nSPS) is 52.8. The van der Waals surface area contributed by atoms with E-state index in [0.717, 1.165) is 37.5 Å². The number of aliphatic hydroxyl groups is 5. The molecule has 2 saturated heterocycles. The molecule has 6 aliphatic rings. The zero-order valence-corrected chi connectivity index (χ0v) is 18.5. The molecule has 4 bridgehead atoms. The Labute approximate surface area is 191 Å². The number of aliphatic hydroxyl groups excluding tert-OH is 4. The lowest BCUT2D eigenvalue weighted by atomic mass is 9.47. The number of ether oxygens (including phenoxy) is 2. The van der Waals surface area contributed by atoms with Gasteiger partial charge in [-0.25, -0.2) is 4.89 Å². The van der Waals surface area contributed by atoms with Gasteiger partial charge >= 0.3 is 0 Å². The largest absolute Gasteiger partial charge is 0.394 e. The lowest BCUT2D eigenvalue weighted by Gasteiger charge is -2.68. The Morgan fingerprint density at radius 1 is 0.970 bits per heavy atom. The molecular formula is C24H32O9. The van der Waals surface area contributed by atoms with E-state index in [2.05, 4.69) is 0 Å². The molecule has 6 atom stereocenters. The number of methoxy groups -OCH3 is 1. The zero-order chi connectivity index (χ0) is 23.2. The lowest BCUT2D eigenvalue weighted by molar-refractivity contribution is -0.645. The highest BCUT2D eigenvalue weighted by molar-refractivity contribution is 5.37. The summed E-state index contributed by atoms with van der Waals surface area (Å²) in [5, 5.41) is 52.3. The quantitative estimate of drug-likeness (QED) is 0.397. The number of hydrogen-bond donors (Lipinski definition) is 5. The minimum absolute atomic E-state index is 0.140. The highest BCUT2D eigenvalue weighted by Crippen LogP contribution is 2.69. The van der Waals surface area contributed by atoms with Crippen LogP contribution in [0.4, 0.5) is 0 Å². The number of hydrogen-bond acceptors (Lipinski definition) is 9. The molecule has 5 N–H and O–H groups in total. The molecule has 0 aromatic heterocycles. The first kappa shape index (κ1) is 22.3. The van der Waals surface area contributed by atoms with Crippen molar-refractivity contribution >= 4 is 0 Å². The topological polar surface area (TPSA) is 138 Å². The van der Waals surface area contributed by atoms with Gasteiger partial charge in [-0.15, -0.1) is 0 Å². The average Bonchev–Trinajstić information content (AvgIpc) is 2.80. The van der Waals surface area contributed by atoms with Crippen LogP contribution in [0.3, 0.4) is 0 Å². The van der Waals surface area contributed by atoms with Crippen LogP contribution in [0, 0.1) is 23.7 Å². The van der Waals surface area contributed by atoms with Crippen LogP contribution in [0.2, 0.25) is 0 Å². The highest BCUT2D eigenvalue weighted by Gasteiger charge is 2.76. The van der Waals surface area contributed by atoms with E-state index in [-0.39, 0.29) is 5.56 Å². The Kier molecular flexibility index (Phi) is 5.03. The van der Waals surface area contributed by atoms with Crippen molar-refractivity contribution in [2.45, 2.75) is 73.7 Å². The molecular weight excluding hydrogens is 432 g/mol. The summed E-state index contributed by atoms with van der Waals surface area (Å²) in [5.74, 6) is 0.856. The van der Waals surface area contributed by atoms with Crippen LogP contribution >= 0.6 is 0 Å². The monoisotopic (exact) mass is 464 g/mol. The van der Waals surface area contributed by atoms with Gasteiger partial charge < -0.3 is 35.0 Å². The summed E-state index contributed by atoms with van der Waals surface area (Å²) in [5.41, 5.74) is -2.20. The van der Waals surface area contributed by atoms with Crippen LogP contribution < -0.4 is 0 Å². The van der Waals surface area contributed by atoms with Gasteiger partial charge in [0.15, 0.2) is 17.5 Å². The van der Waals surface area contributed by atoms with Crippen molar-refractivity contribution in [3.8, 4) is 0 Å². The van der Waals surface area contributed by atoms with E-state index in [1.165, 1.54) is 12.5 Å². The fourth-order valence-electron chi connectivity index (χ4n) is 7.75. The first-order chi connectivity index (χ1) is 15.8. The van der Waals surface area contributed by atoms with Gasteiger partial charge in [-0.2, -0.15) is 4.89 Å². The summed E-state index contributed by atoms with van der Waals surface area (Å²) in [6.45, 7) is -0.614. The minimum atomic E-state index is -2.32. The van der Waals surface area contributed by atoms with Crippen molar-refractivity contribution in [1.82, 2.24) is 0 Å². The van der Waals surface area contributed by atoms with Gasteiger partial charge in [0.1, 0.15) is 18.3 Å². The summed E-state index contributed by atoms with van der Waals surface area (Å²) in [6.07, 6.45) is -0.881. The zero-order valence-electron chi connectivity index (χ0n) is 18.5. The molecule has 0 radical (unpaired) electrons. The van der Waals surface area contributed by atoms with Crippen LogP contribution in [0.15, 0.2) is 24.3 Å². The maximum atomic E-state index is 11.3. The van der Waals surface area contributed by atoms with E-state index < -0.39 is 48.2 Å². The molecule has 2 heterocycles. The van der Waals surface area contributed by atoms with Crippen molar-refractivity contribution in [3.63, 3.8) is 0 Å². The molecule has 7 rings (SSSR count). The molecule has 2 unspecified atom stereocenters. The molecule has 6 fully saturated rings. The van der Waals surface area contributed by atoms with Gasteiger partial charge in [-0.3, -0.25) is 0 Å². The standard InChI is InChI=1S/C24H32O9/c1-30-24(23(32-33-24)16-6-12-5-13(8-16)9-17(23)7-12)15-4-2-3-14(10-15)22(29)20(27)19(26)18(11-25)31-21(22)28/h2-4,10,12-13,16-21,25-29H,5-9,11H2,1H3/t12?,13?,16?,17?,18-,19+,20+,21?,22-,23?,24?/m1/s1. The predicted molar refractivity (Wildman–Crippen MR) is 111 cm³/mol. The van der Waals surface area contributed by atoms with E-state index in [1.54, 1.807) is 19.2 Å². The van der Waals surface area contributed by atoms with Crippen molar-refractivity contribution in [2.24, 2.45) is 23.7 Å². The Morgan fingerprint density at radius 2 is 1.61 bits per heavy atom. The molecule has 9 nitrogen and oxygen atoms in total. The fraction of sp³-hybridized carbons (Fsp3) is 0.750. The Bertz CT molecular complexity index is 891. The molecule has 182 valence electrons. The molecule has 1 aromatic carbocycles. The summed E-state index contributed by atoms with van der Waals surface area (Å²) < 4.78 is 11.3. The maximum Gasteiger partial charge on any atom is 0.260 e. The minimum Gasteiger partial charge on any atom is -0.394 e. The summed E-state index contributed by atoms with van der Waals surface area (Å²) in [6, 6.07) is 6.65. The SMILES string of the molecule is COC1(c2cccc([C@]3(O)C(O)O[C@H](CO)[C@H](O)[C@@H]3O)c2)OOC12C1CC3CC(C1)CC2C3. The molecule has 2 aliphatic heterocycles. The van der Waals surface area contributed by atoms with Crippen LogP contribution in [0.25, 0.3) is 0 Å². The van der Waals surface area contributed by atoms with Crippen molar-refractivity contribution in [3.05, 3.63) is 35.4 Å². The molecule has 1 aromatic rings. The third kappa shape index (κ3) is 2.68. The molecule has 9 heteroatoms. The van der Waals surface area contributed by atoms with Crippen LogP contribution in [-0.4, -0.2) is 69.5 Å². The Hall–Kier alpha value is -1.14. The van der Waals surface area contributed by atoms with E-state index in [9.17, 15) is 25.5 Å². The lowest BCUT2D eigenvalue weighted by Crippen LogP contribution is -2.76. The summed E-state index contributed by atoms with van der Waals surface area (Å²) in [4.78, 5) is 11.8. The van der Waals surface area contributed by atoms with Gasteiger partial charge in [0, 0.05) is 12.7 Å². The summed E-state index contributed by atoms with van der Waals surface area (Å²) in [7, 11) is 1.58. The second-order valence-corrected chi connectivity index (χ2v) is 10.6. The predicted octanol–water partition coefficient (Wildman–Crippen LogP) is 0.261. The Balaban J connectivity index is 1.40. The second-order valence-electron chi connectivity index (χ2n) is 10.6. The second kappa shape index (κ2) is 7.43. The molecule has 33 heavy (non-hydrogen) atoms. The first-order valence-corrected chi connectivity index (χ1v) is 11.9. The molecule has 4 saturated carbocycles. The van der Waals surface area contributed by atoms with Gasteiger partial charge in [-0.05, 0) is 67.4 Å². The molecule has 0 amide bonds. The summed E-state index contributed by atoms with van der Waals surface area (Å²) >= 11 is 0. The average molecular weight is 465 g/mol.